The van der Waals surface area contributed by atoms with Crippen LogP contribution in [0.2, 0.25) is 0 Å². The van der Waals surface area contributed by atoms with Gasteiger partial charge in [0, 0.05) is 18.6 Å². The fourth-order valence-electron chi connectivity index (χ4n) is 1.14. The molecule has 82 valence electrons. The molecule has 0 bridgehead atoms. The molecule has 16 heavy (non-hydrogen) atoms. The lowest BCUT2D eigenvalue weighted by atomic mass is 10.5. The van der Waals surface area contributed by atoms with Crippen molar-refractivity contribution in [2.45, 2.75) is 6.54 Å². The number of carbonyl (C=O) groups excluding carboxylic acids is 1. The second-order valence-electron chi connectivity index (χ2n) is 3.06. The van der Waals surface area contributed by atoms with E-state index in [0.717, 1.165) is 0 Å². The molecule has 2 heterocycles. The van der Waals surface area contributed by atoms with Crippen molar-refractivity contribution in [3.8, 4) is 0 Å². The summed E-state index contributed by atoms with van der Waals surface area (Å²) in [6.45, 7) is 0.0788. The van der Waals surface area contributed by atoms with Crippen LogP contribution in [0.1, 0.15) is 0 Å². The van der Waals surface area contributed by atoms with E-state index in [1.54, 1.807) is 30.7 Å². The van der Waals surface area contributed by atoms with E-state index in [0.29, 0.717) is 5.82 Å². The lowest BCUT2D eigenvalue weighted by Gasteiger charge is -2.02. The third-order valence-electron chi connectivity index (χ3n) is 1.78. The minimum atomic E-state index is -0.255. The maximum absolute atomic E-state index is 11.5. The van der Waals surface area contributed by atoms with Gasteiger partial charge in [-0.3, -0.25) is 14.8 Å². The van der Waals surface area contributed by atoms with Gasteiger partial charge in [-0.1, -0.05) is 0 Å². The van der Waals surface area contributed by atoms with Crippen LogP contribution < -0.4 is 11.1 Å². The highest BCUT2D eigenvalue weighted by atomic mass is 16.2. The van der Waals surface area contributed by atoms with Crippen LogP contribution in [-0.2, 0) is 11.3 Å². The quantitative estimate of drug-likeness (QED) is 0.749. The van der Waals surface area contributed by atoms with Crippen LogP contribution in [0.5, 0.6) is 0 Å². The van der Waals surface area contributed by atoms with Crippen molar-refractivity contribution < 1.29 is 4.79 Å². The first kappa shape index (κ1) is 10.1. The third-order valence-corrected chi connectivity index (χ3v) is 1.78. The van der Waals surface area contributed by atoms with Gasteiger partial charge in [-0.2, -0.15) is 5.10 Å². The Balaban J connectivity index is 1.95. The van der Waals surface area contributed by atoms with Gasteiger partial charge in [-0.25, -0.2) is 9.97 Å². The molecule has 0 spiro atoms. The predicted octanol–water partition coefficient (Wildman–Crippen LogP) is -0.106. The van der Waals surface area contributed by atoms with Crippen LogP contribution >= 0.6 is 0 Å². The zero-order chi connectivity index (χ0) is 11.4. The van der Waals surface area contributed by atoms with Gasteiger partial charge in [-0.05, 0) is 12.1 Å². The van der Waals surface area contributed by atoms with E-state index in [9.17, 15) is 4.79 Å². The van der Waals surface area contributed by atoms with Gasteiger partial charge in [0.1, 0.15) is 12.4 Å². The van der Waals surface area contributed by atoms with Crippen LogP contribution in [0.3, 0.4) is 0 Å². The summed E-state index contributed by atoms with van der Waals surface area (Å²) in [4.78, 5) is 19.2. The Morgan fingerprint density at radius 3 is 2.81 bits per heavy atom. The zero-order valence-electron chi connectivity index (χ0n) is 8.37. The molecular formula is C9H10N6O. The minimum Gasteiger partial charge on any atom is -0.382 e. The molecule has 0 radical (unpaired) electrons. The molecule has 0 aliphatic rings. The van der Waals surface area contributed by atoms with Crippen molar-refractivity contribution in [1.82, 2.24) is 19.7 Å². The number of anilines is 2. The molecule has 0 saturated heterocycles. The number of nitrogens with zero attached hydrogens (tertiary/aromatic N) is 4. The highest BCUT2D eigenvalue weighted by molar-refractivity contribution is 5.88. The average Bonchev–Trinajstić information content (AvgIpc) is 2.65. The van der Waals surface area contributed by atoms with E-state index in [-0.39, 0.29) is 18.4 Å². The number of nitrogens with two attached hydrogens (primary N) is 1. The van der Waals surface area contributed by atoms with Gasteiger partial charge in [0.05, 0.1) is 0 Å². The first-order valence-electron chi connectivity index (χ1n) is 4.60. The summed E-state index contributed by atoms with van der Waals surface area (Å²) in [6.07, 6.45) is 4.73. The number of nitrogens with one attached hydrogen (secondary N) is 1. The lowest BCUT2D eigenvalue weighted by molar-refractivity contribution is -0.116. The van der Waals surface area contributed by atoms with Gasteiger partial charge in [0.2, 0.25) is 11.9 Å². The van der Waals surface area contributed by atoms with E-state index < -0.39 is 0 Å². The van der Waals surface area contributed by atoms with Crippen molar-refractivity contribution in [2.75, 3.05) is 11.1 Å². The summed E-state index contributed by atoms with van der Waals surface area (Å²) in [5.41, 5.74) is 5.42. The van der Waals surface area contributed by atoms with Crippen molar-refractivity contribution in [1.29, 1.82) is 0 Å². The molecular weight excluding hydrogens is 208 g/mol. The van der Waals surface area contributed by atoms with Crippen molar-refractivity contribution >= 4 is 17.7 Å². The summed E-state index contributed by atoms with van der Waals surface area (Å²) >= 11 is 0. The smallest absolute Gasteiger partial charge is 0.248 e. The highest BCUT2D eigenvalue weighted by Gasteiger charge is 2.05. The number of amides is 1. The zero-order valence-corrected chi connectivity index (χ0v) is 8.37. The largest absolute Gasteiger partial charge is 0.382 e. The van der Waals surface area contributed by atoms with Crippen LogP contribution in [-0.4, -0.2) is 25.7 Å². The van der Waals surface area contributed by atoms with Crippen molar-refractivity contribution in [3.63, 3.8) is 0 Å². The monoisotopic (exact) mass is 218 g/mol. The van der Waals surface area contributed by atoms with Crippen LogP contribution in [0.4, 0.5) is 11.8 Å². The van der Waals surface area contributed by atoms with Crippen molar-refractivity contribution in [2.24, 2.45) is 0 Å². The summed E-state index contributed by atoms with van der Waals surface area (Å²) in [5, 5.41) is 6.42. The molecule has 0 aliphatic heterocycles. The van der Waals surface area contributed by atoms with Crippen molar-refractivity contribution in [3.05, 3.63) is 30.7 Å². The molecule has 3 N–H and O–H groups in total. The molecule has 2 rings (SSSR count). The molecule has 0 unspecified atom stereocenters. The lowest BCUT2D eigenvalue weighted by Crippen LogP contribution is -2.20. The predicted molar refractivity (Wildman–Crippen MR) is 57.3 cm³/mol. The molecule has 0 atom stereocenters. The number of rotatable bonds is 3. The first-order chi connectivity index (χ1) is 7.74. The molecule has 0 aliphatic carbocycles. The summed E-state index contributed by atoms with van der Waals surface area (Å²) in [7, 11) is 0. The SMILES string of the molecule is Nc1ccn(CC(=O)Nc2ncccn2)n1. The van der Waals surface area contributed by atoms with E-state index in [2.05, 4.69) is 20.4 Å². The summed E-state index contributed by atoms with van der Waals surface area (Å²) < 4.78 is 1.44. The topological polar surface area (TPSA) is 98.7 Å². The van der Waals surface area contributed by atoms with E-state index in [1.807, 2.05) is 0 Å². The van der Waals surface area contributed by atoms with Crippen LogP contribution in [0.25, 0.3) is 0 Å². The van der Waals surface area contributed by atoms with Crippen LogP contribution in [0.15, 0.2) is 30.7 Å². The van der Waals surface area contributed by atoms with Gasteiger partial charge in [0.15, 0.2) is 0 Å². The molecule has 0 fully saturated rings. The average molecular weight is 218 g/mol. The van der Waals surface area contributed by atoms with Gasteiger partial charge in [0.25, 0.3) is 0 Å². The van der Waals surface area contributed by atoms with Gasteiger partial charge in [-0.15, -0.1) is 0 Å². The van der Waals surface area contributed by atoms with Gasteiger partial charge >= 0.3 is 0 Å². The second-order valence-corrected chi connectivity index (χ2v) is 3.06. The van der Waals surface area contributed by atoms with E-state index in [1.165, 1.54) is 4.68 Å². The molecule has 7 heteroatoms. The van der Waals surface area contributed by atoms with E-state index >= 15 is 0 Å². The Kier molecular flexibility index (Phi) is 2.77. The Hall–Kier alpha value is -2.44. The third kappa shape index (κ3) is 2.53. The minimum absolute atomic E-state index is 0.0788. The number of carbonyl (C=O) groups is 1. The molecule has 0 saturated carbocycles. The number of hydrogen-bond acceptors (Lipinski definition) is 5. The molecule has 0 aromatic carbocycles. The molecule has 1 amide bonds. The van der Waals surface area contributed by atoms with E-state index in [4.69, 9.17) is 5.73 Å². The Morgan fingerprint density at radius 1 is 1.44 bits per heavy atom. The number of aromatic nitrogens is 4. The Morgan fingerprint density at radius 2 is 2.19 bits per heavy atom. The summed E-state index contributed by atoms with van der Waals surface area (Å²) in [6, 6.07) is 3.29. The molecule has 2 aromatic rings. The number of nitrogen functional groups attached to an aromatic ring is 1. The standard InChI is InChI=1S/C9H10N6O/c10-7-2-5-15(14-7)6-8(16)13-9-11-3-1-4-12-9/h1-5H,6H2,(H2,10,14)(H,11,12,13,16). The first-order valence-corrected chi connectivity index (χ1v) is 4.60. The number of hydrogen-bond donors (Lipinski definition) is 2. The normalized spacial score (nSPS) is 10.0. The van der Waals surface area contributed by atoms with Gasteiger partial charge < -0.3 is 5.73 Å². The Labute approximate surface area is 91.3 Å². The fraction of sp³-hybridized carbons (Fsp3) is 0.111. The molecule has 7 nitrogen and oxygen atoms in total. The molecule has 2 aromatic heterocycles. The maximum Gasteiger partial charge on any atom is 0.248 e. The fourth-order valence-corrected chi connectivity index (χ4v) is 1.14. The maximum atomic E-state index is 11.5. The second kappa shape index (κ2) is 4.39. The van der Waals surface area contributed by atoms with Crippen LogP contribution in [0, 0.1) is 0 Å². The summed E-state index contributed by atoms with van der Waals surface area (Å²) in [5.74, 6) is 0.394. The Bertz CT molecular complexity index is 480. The highest BCUT2D eigenvalue weighted by Crippen LogP contribution is 1.98.